The molecule has 0 spiro atoms. The molecule has 66 heavy (non-hydrogen) atoms. The van der Waals surface area contributed by atoms with Crippen LogP contribution < -0.4 is 4.90 Å². The lowest BCUT2D eigenvalue weighted by molar-refractivity contribution is 0.727. The van der Waals surface area contributed by atoms with E-state index in [4.69, 9.17) is 0 Å². The minimum atomic E-state index is 0.229. The number of benzene rings is 11. The van der Waals surface area contributed by atoms with Crippen LogP contribution in [0.5, 0.6) is 0 Å². The van der Waals surface area contributed by atoms with Gasteiger partial charge in [-0.05, 0) is 155 Å². The third-order valence-electron chi connectivity index (χ3n) is 13.7. The van der Waals surface area contributed by atoms with Crippen molar-refractivity contribution in [2.24, 2.45) is 0 Å². The molecule has 11 aromatic rings. The van der Waals surface area contributed by atoms with E-state index in [-0.39, 0.29) is 5.92 Å². The molecule has 1 aliphatic carbocycles. The number of hydrogen-bond donors (Lipinski definition) is 0. The van der Waals surface area contributed by atoms with E-state index in [9.17, 15) is 0 Å². The summed E-state index contributed by atoms with van der Waals surface area (Å²) >= 11 is 0. The second-order valence-electron chi connectivity index (χ2n) is 17.5. The normalized spacial score (nSPS) is 13.2. The number of aryl methyl sites for hydroxylation is 1. The first-order valence-electron chi connectivity index (χ1n) is 23.2. The Morgan fingerprint density at radius 3 is 1.62 bits per heavy atom. The number of anilines is 3. The zero-order chi connectivity index (χ0) is 43.8. The first-order chi connectivity index (χ1) is 32.7. The Morgan fingerprint density at radius 2 is 0.848 bits per heavy atom. The predicted molar refractivity (Wildman–Crippen MR) is 280 cm³/mol. The van der Waals surface area contributed by atoms with Crippen molar-refractivity contribution in [2.75, 3.05) is 4.90 Å². The molecule has 11 aromatic carbocycles. The molecule has 0 aliphatic heterocycles. The van der Waals surface area contributed by atoms with E-state index in [1.54, 1.807) is 0 Å². The van der Waals surface area contributed by atoms with E-state index in [0.29, 0.717) is 0 Å². The SMILES string of the molecule is c1ccc(-c2cccc(-c3cc(N(c4ccccc4)c4ccc(-c5cc6ccccc6c6ccccc56)cc4)ccc3-c3ccccc3C3CCc4ccccc4-c4ccccc43)c2)cc1. The molecule has 0 N–H and O–H groups in total. The van der Waals surface area contributed by atoms with Gasteiger partial charge < -0.3 is 4.90 Å². The molecule has 1 nitrogen and oxygen atoms in total. The highest BCUT2D eigenvalue weighted by atomic mass is 15.1. The molecule has 0 saturated carbocycles. The monoisotopic (exact) mass is 841 g/mol. The number of para-hydroxylation sites is 1. The maximum Gasteiger partial charge on any atom is 0.0468 e. The Bertz CT molecular complexity index is 3530. The second-order valence-corrected chi connectivity index (χ2v) is 17.5. The van der Waals surface area contributed by atoms with Crippen molar-refractivity contribution < 1.29 is 0 Å². The molecule has 1 heteroatoms. The van der Waals surface area contributed by atoms with Crippen molar-refractivity contribution in [1.82, 2.24) is 0 Å². The molecule has 0 saturated heterocycles. The van der Waals surface area contributed by atoms with Crippen LogP contribution in [0.1, 0.15) is 29.0 Å². The van der Waals surface area contributed by atoms with Crippen molar-refractivity contribution in [2.45, 2.75) is 18.8 Å². The van der Waals surface area contributed by atoms with Gasteiger partial charge in [-0.1, -0.05) is 206 Å². The highest BCUT2D eigenvalue weighted by Crippen LogP contribution is 2.48. The van der Waals surface area contributed by atoms with Gasteiger partial charge in [0.25, 0.3) is 0 Å². The average molecular weight is 842 g/mol. The Hall–Kier alpha value is -8.26. The van der Waals surface area contributed by atoms with E-state index < -0.39 is 0 Å². The lowest BCUT2D eigenvalue weighted by atomic mass is 9.80. The Kier molecular flexibility index (Phi) is 10.2. The minimum Gasteiger partial charge on any atom is -0.310 e. The lowest BCUT2D eigenvalue weighted by Gasteiger charge is -2.28. The number of hydrogen-bond acceptors (Lipinski definition) is 1. The summed E-state index contributed by atoms with van der Waals surface area (Å²) in [4.78, 5) is 2.40. The summed E-state index contributed by atoms with van der Waals surface area (Å²) in [6.07, 6.45) is 2.06. The minimum absolute atomic E-state index is 0.229. The van der Waals surface area contributed by atoms with E-state index in [1.165, 1.54) is 93.9 Å². The molecule has 1 unspecified atom stereocenters. The van der Waals surface area contributed by atoms with Crippen LogP contribution in [0.2, 0.25) is 0 Å². The maximum absolute atomic E-state index is 2.42. The van der Waals surface area contributed by atoms with Crippen LogP contribution in [-0.4, -0.2) is 0 Å². The van der Waals surface area contributed by atoms with Crippen LogP contribution in [0.15, 0.2) is 255 Å². The fraction of sp³-hybridized carbons (Fsp3) is 0.0462. The smallest absolute Gasteiger partial charge is 0.0468 e. The predicted octanol–water partition coefficient (Wildman–Crippen LogP) is 17.9. The second kappa shape index (κ2) is 17.0. The molecule has 1 aliphatic rings. The van der Waals surface area contributed by atoms with E-state index in [2.05, 4.69) is 260 Å². The fourth-order valence-corrected chi connectivity index (χ4v) is 10.6. The number of nitrogens with zero attached hydrogens (tertiary/aromatic N) is 1. The summed E-state index contributed by atoms with van der Waals surface area (Å²) < 4.78 is 0. The van der Waals surface area contributed by atoms with Crippen LogP contribution in [0.4, 0.5) is 17.1 Å². The molecule has 0 bridgehead atoms. The largest absolute Gasteiger partial charge is 0.310 e. The molecule has 1 atom stereocenters. The van der Waals surface area contributed by atoms with Crippen LogP contribution in [0.3, 0.4) is 0 Å². The third kappa shape index (κ3) is 7.16. The third-order valence-corrected chi connectivity index (χ3v) is 13.7. The highest BCUT2D eigenvalue weighted by Gasteiger charge is 2.27. The van der Waals surface area contributed by atoms with Crippen molar-refractivity contribution in [3.8, 4) is 55.6 Å². The highest BCUT2D eigenvalue weighted by molar-refractivity contribution is 6.13. The molecule has 0 fully saturated rings. The van der Waals surface area contributed by atoms with Crippen LogP contribution in [0, 0.1) is 0 Å². The standard InChI is InChI=1S/C65H47N/c1-3-18-45(19-4-1)48-22-17-23-49(42-48)65-44-53(39-41-63(65)60-32-15-14-31-59(60)62-40-36-46-20-7-9-26-54(46)56-28-11-13-30-58(56)62)66(51-24-5-2-6-25-51)52-37-34-47(35-38-52)64-43-50-21-8-10-27-55(50)57-29-12-16-33-61(57)64/h1-35,37-39,41-44,62H,36,40H2. The molecule has 0 radical (unpaired) electrons. The molecule has 0 heterocycles. The van der Waals surface area contributed by atoms with Gasteiger partial charge in [-0.25, -0.2) is 0 Å². The summed E-state index contributed by atoms with van der Waals surface area (Å²) in [5.41, 5.74) is 19.9. The number of rotatable bonds is 8. The summed E-state index contributed by atoms with van der Waals surface area (Å²) in [5.74, 6) is 0.229. The number of fused-ring (bicyclic) bond motifs is 6. The van der Waals surface area contributed by atoms with Gasteiger partial charge in [0.15, 0.2) is 0 Å². The van der Waals surface area contributed by atoms with Crippen molar-refractivity contribution >= 4 is 38.6 Å². The fourth-order valence-electron chi connectivity index (χ4n) is 10.6. The average Bonchev–Trinajstić information content (AvgIpc) is 3.56. The van der Waals surface area contributed by atoms with E-state index in [1.807, 2.05) is 0 Å². The molecule has 0 amide bonds. The summed E-state index contributed by atoms with van der Waals surface area (Å²) in [5, 5.41) is 5.07. The van der Waals surface area contributed by atoms with Gasteiger partial charge in [0.05, 0.1) is 0 Å². The molecule has 12 rings (SSSR count). The molecular weight excluding hydrogens is 795 g/mol. The zero-order valence-corrected chi connectivity index (χ0v) is 36.7. The van der Waals surface area contributed by atoms with Crippen LogP contribution >= 0.6 is 0 Å². The summed E-state index contributed by atoms with van der Waals surface area (Å²) in [7, 11) is 0. The van der Waals surface area contributed by atoms with E-state index in [0.717, 1.165) is 29.9 Å². The van der Waals surface area contributed by atoms with Gasteiger partial charge in [0.1, 0.15) is 0 Å². The van der Waals surface area contributed by atoms with Crippen LogP contribution in [-0.2, 0) is 6.42 Å². The first kappa shape index (κ1) is 39.3. The zero-order valence-electron chi connectivity index (χ0n) is 36.7. The Balaban J connectivity index is 1.02. The van der Waals surface area contributed by atoms with Gasteiger partial charge in [0.2, 0.25) is 0 Å². The quantitative estimate of drug-likeness (QED) is 0.138. The van der Waals surface area contributed by atoms with E-state index >= 15 is 0 Å². The summed E-state index contributed by atoms with van der Waals surface area (Å²) in [6, 6.07) is 94.0. The molecular formula is C65H47N. The van der Waals surface area contributed by atoms with Crippen LogP contribution in [0.25, 0.3) is 77.2 Å². The van der Waals surface area contributed by atoms with Crippen molar-refractivity contribution in [3.63, 3.8) is 0 Å². The van der Waals surface area contributed by atoms with Gasteiger partial charge in [-0.15, -0.1) is 0 Å². The van der Waals surface area contributed by atoms with Crippen molar-refractivity contribution in [3.05, 3.63) is 271 Å². The topological polar surface area (TPSA) is 3.24 Å². The molecule has 312 valence electrons. The Labute approximate surface area is 387 Å². The van der Waals surface area contributed by atoms with Gasteiger partial charge in [-0.2, -0.15) is 0 Å². The molecule has 0 aromatic heterocycles. The lowest BCUT2D eigenvalue weighted by Crippen LogP contribution is -2.10. The van der Waals surface area contributed by atoms with Gasteiger partial charge in [0, 0.05) is 23.0 Å². The van der Waals surface area contributed by atoms with Gasteiger partial charge >= 0.3 is 0 Å². The Morgan fingerprint density at radius 1 is 0.288 bits per heavy atom. The van der Waals surface area contributed by atoms with Gasteiger partial charge in [-0.3, -0.25) is 0 Å². The first-order valence-corrected chi connectivity index (χ1v) is 23.2. The maximum atomic E-state index is 2.42. The van der Waals surface area contributed by atoms with Crippen molar-refractivity contribution in [1.29, 1.82) is 0 Å². The summed E-state index contributed by atoms with van der Waals surface area (Å²) in [6.45, 7) is 0.